The molecule has 0 saturated carbocycles. The zero-order chi connectivity index (χ0) is 8.85. The molecule has 0 aliphatic heterocycles. The van der Waals surface area contributed by atoms with Gasteiger partial charge in [-0.3, -0.25) is 4.79 Å². The molecule has 0 rings (SSSR count). The third-order valence-electron chi connectivity index (χ3n) is 1.20. The van der Waals surface area contributed by atoms with Crippen LogP contribution in [0, 0.1) is 0 Å². The molecular weight excluding hydrogens is 146 g/mol. The molecule has 4 nitrogen and oxygen atoms in total. The SMILES string of the molecule is CC(C)OCCC(N)C(=O)O. The lowest BCUT2D eigenvalue weighted by atomic mass is 10.2. The number of rotatable bonds is 5. The van der Waals surface area contributed by atoms with Gasteiger partial charge in [0.15, 0.2) is 0 Å². The van der Waals surface area contributed by atoms with E-state index in [1.807, 2.05) is 13.8 Å². The fourth-order valence-corrected chi connectivity index (χ4v) is 0.554. The molecule has 4 heteroatoms. The van der Waals surface area contributed by atoms with Crippen molar-refractivity contribution < 1.29 is 14.6 Å². The van der Waals surface area contributed by atoms with Crippen LogP contribution in [-0.2, 0) is 9.53 Å². The summed E-state index contributed by atoms with van der Waals surface area (Å²) in [5.74, 6) is -0.975. The summed E-state index contributed by atoms with van der Waals surface area (Å²) in [4.78, 5) is 10.2. The van der Waals surface area contributed by atoms with Gasteiger partial charge in [0, 0.05) is 6.61 Å². The highest BCUT2D eigenvalue weighted by Gasteiger charge is 2.10. The van der Waals surface area contributed by atoms with Gasteiger partial charge in [-0.25, -0.2) is 0 Å². The lowest BCUT2D eigenvalue weighted by molar-refractivity contribution is -0.139. The molecule has 0 amide bonds. The highest BCUT2D eigenvalue weighted by Crippen LogP contribution is 1.93. The first-order chi connectivity index (χ1) is 5.04. The number of carboxylic acids is 1. The summed E-state index contributed by atoms with van der Waals surface area (Å²) >= 11 is 0. The van der Waals surface area contributed by atoms with Gasteiger partial charge in [-0.15, -0.1) is 0 Å². The van der Waals surface area contributed by atoms with Crippen molar-refractivity contribution in [1.29, 1.82) is 0 Å². The van der Waals surface area contributed by atoms with E-state index in [4.69, 9.17) is 15.6 Å². The van der Waals surface area contributed by atoms with Gasteiger partial charge in [0.05, 0.1) is 6.10 Å². The fraction of sp³-hybridized carbons (Fsp3) is 0.857. The zero-order valence-corrected chi connectivity index (χ0v) is 6.91. The topological polar surface area (TPSA) is 72.5 Å². The minimum Gasteiger partial charge on any atom is -0.480 e. The van der Waals surface area contributed by atoms with Crippen molar-refractivity contribution in [2.24, 2.45) is 5.73 Å². The monoisotopic (exact) mass is 161 g/mol. The Morgan fingerprint density at radius 1 is 1.64 bits per heavy atom. The van der Waals surface area contributed by atoms with E-state index in [0.29, 0.717) is 13.0 Å². The van der Waals surface area contributed by atoms with Crippen molar-refractivity contribution in [2.45, 2.75) is 32.4 Å². The maximum absolute atomic E-state index is 10.2. The van der Waals surface area contributed by atoms with E-state index in [1.54, 1.807) is 0 Å². The maximum Gasteiger partial charge on any atom is 0.320 e. The van der Waals surface area contributed by atoms with Crippen molar-refractivity contribution in [1.82, 2.24) is 0 Å². The van der Waals surface area contributed by atoms with Crippen LogP contribution in [0.5, 0.6) is 0 Å². The molecule has 0 aromatic carbocycles. The van der Waals surface area contributed by atoms with Crippen molar-refractivity contribution in [2.75, 3.05) is 6.61 Å². The number of hydrogen-bond donors (Lipinski definition) is 2. The maximum atomic E-state index is 10.2. The van der Waals surface area contributed by atoms with Crippen molar-refractivity contribution in [3.63, 3.8) is 0 Å². The van der Waals surface area contributed by atoms with Gasteiger partial charge in [0.25, 0.3) is 0 Å². The highest BCUT2D eigenvalue weighted by atomic mass is 16.5. The Bertz CT molecular complexity index is 125. The van der Waals surface area contributed by atoms with Crippen LogP contribution < -0.4 is 5.73 Å². The molecule has 0 aliphatic carbocycles. The van der Waals surface area contributed by atoms with Gasteiger partial charge in [-0.2, -0.15) is 0 Å². The molecule has 1 unspecified atom stereocenters. The second-order valence-corrected chi connectivity index (χ2v) is 2.65. The smallest absolute Gasteiger partial charge is 0.320 e. The summed E-state index contributed by atoms with van der Waals surface area (Å²) in [7, 11) is 0. The molecule has 0 aliphatic rings. The van der Waals surface area contributed by atoms with Crippen LogP contribution in [0.4, 0.5) is 0 Å². The molecule has 0 bridgehead atoms. The van der Waals surface area contributed by atoms with E-state index in [-0.39, 0.29) is 6.10 Å². The Balaban J connectivity index is 3.31. The normalized spacial score (nSPS) is 13.5. The van der Waals surface area contributed by atoms with Crippen LogP contribution >= 0.6 is 0 Å². The first-order valence-electron chi connectivity index (χ1n) is 3.64. The minimum absolute atomic E-state index is 0.135. The molecular formula is C7H15NO3. The van der Waals surface area contributed by atoms with Crippen molar-refractivity contribution in [3.8, 4) is 0 Å². The van der Waals surface area contributed by atoms with E-state index in [0.717, 1.165) is 0 Å². The number of carbonyl (C=O) groups is 1. The molecule has 0 saturated heterocycles. The Kier molecular flexibility index (Phi) is 4.81. The predicted octanol–water partition coefficient (Wildman–Crippen LogP) is 0.213. The second-order valence-electron chi connectivity index (χ2n) is 2.65. The first kappa shape index (κ1) is 10.4. The molecule has 0 fully saturated rings. The molecule has 66 valence electrons. The second kappa shape index (κ2) is 5.09. The quantitative estimate of drug-likeness (QED) is 0.604. The molecule has 0 heterocycles. The Labute approximate surface area is 66.3 Å². The van der Waals surface area contributed by atoms with Gasteiger partial charge in [0.2, 0.25) is 0 Å². The Hall–Kier alpha value is -0.610. The van der Waals surface area contributed by atoms with Gasteiger partial charge < -0.3 is 15.6 Å². The standard InChI is InChI=1S/C7H15NO3/c1-5(2)11-4-3-6(8)7(9)10/h5-6H,3-4,8H2,1-2H3,(H,9,10). The van der Waals surface area contributed by atoms with Crippen LogP contribution in [0.3, 0.4) is 0 Å². The molecule has 11 heavy (non-hydrogen) atoms. The summed E-state index contributed by atoms with van der Waals surface area (Å²) in [5, 5.41) is 8.37. The zero-order valence-electron chi connectivity index (χ0n) is 6.91. The number of carboxylic acid groups (broad SMARTS) is 1. The molecule has 0 aromatic rings. The van der Waals surface area contributed by atoms with Crippen molar-refractivity contribution in [3.05, 3.63) is 0 Å². The van der Waals surface area contributed by atoms with Gasteiger partial charge in [-0.05, 0) is 20.3 Å². The third-order valence-corrected chi connectivity index (χ3v) is 1.20. The first-order valence-corrected chi connectivity index (χ1v) is 3.64. The summed E-state index contributed by atoms with van der Waals surface area (Å²) in [6.45, 7) is 4.20. The number of ether oxygens (including phenoxy) is 1. The van der Waals surface area contributed by atoms with Gasteiger partial charge >= 0.3 is 5.97 Å². The Morgan fingerprint density at radius 2 is 2.18 bits per heavy atom. The average molecular weight is 161 g/mol. The molecule has 0 aromatic heterocycles. The molecule has 0 radical (unpaired) electrons. The van der Waals surface area contributed by atoms with Crippen molar-refractivity contribution >= 4 is 5.97 Å². The lowest BCUT2D eigenvalue weighted by Gasteiger charge is -2.09. The summed E-state index contributed by atoms with van der Waals surface area (Å²) in [6, 6.07) is -0.797. The third kappa shape index (κ3) is 5.82. The van der Waals surface area contributed by atoms with Crippen LogP contribution in [0.2, 0.25) is 0 Å². The largest absolute Gasteiger partial charge is 0.480 e. The van der Waals surface area contributed by atoms with Crippen LogP contribution in [-0.4, -0.2) is 29.8 Å². The minimum atomic E-state index is -0.975. The number of aliphatic carboxylic acids is 1. The number of nitrogens with two attached hydrogens (primary N) is 1. The van der Waals surface area contributed by atoms with Gasteiger partial charge in [-0.1, -0.05) is 0 Å². The van der Waals surface area contributed by atoms with E-state index in [1.165, 1.54) is 0 Å². The van der Waals surface area contributed by atoms with Crippen LogP contribution in [0.15, 0.2) is 0 Å². The molecule has 0 spiro atoms. The highest BCUT2D eigenvalue weighted by molar-refractivity contribution is 5.72. The summed E-state index contributed by atoms with van der Waals surface area (Å²) in [5.41, 5.74) is 5.22. The van der Waals surface area contributed by atoms with Crippen LogP contribution in [0.25, 0.3) is 0 Å². The molecule has 3 N–H and O–H groups in total. The van der Waals surface area contributed by atoms with E-state index >= 15 is 0 Å². The predicted molar refractivity (Wildman–Crippen MR) is 41.3 cm³/mol. The van der Waals surface area contributed by atoms with E-state index in [9.17, 15) is 4.79 Å². The Morgan fingerprint density at radius 3 is 2.55 bits per heavy atom. The molecule has 1 atom stereocenters. The summed E-state index contributed by atoms with van der Waals surface area (Å²) in [6.07, 6.45) is 0.504. The van der Waals surface area contributed by atoms with E-state index in [2.05, 4.69) is 0 Å². The summed E-state index contributed by atoms with van der Waals surface area (Å²) < 4.78 is 5.12. The number of hydrogen-bond acceptors (Lipinski definition) is 3. The van der Waals surface area contributed by atoms with Crippen LogP contribution in [0.1, 0.15) is 20.3 Å². The average Bonchev–Trinajstić information content (AvgIpc) is 1.86. The fourth-order valence-electron chi connectivity index (χ4n) is 0.554. The van der Waals surface area contributed by atoms with E-state index < -0.39 is 12.0 Å². The van der Waals surface area contributed by atoms with Gasteiger partial charge in [0.1, 0.15) is 6.04 Å². The lowest BCUT2D eigenvalue weighted by Crippen LogP contribution is -2.31.